The van der Waals surface area contributed by atoms with E-state index in [2.05, 4.69) is 20.2 Å². The molecule has 0 aliphatic rings. The number of anilines is 1. The van der Waals surface area contributed by atoms with Crippen LogP contribution in [0.5, 0.6) is 11.8 Å². The average Bonchev–Trinajstić information content (AvgIpc) is 3.18. The third-order valence-corrected chi connectivity index (χ3v) is 3.35. The van der Waals surface area contributed by atoms with Gasteiger partial charge in [0.1, 0.15) is 5.52 Å². The molecule has 114 valence electrons. The molecule has 0 aliphatic heterocycles. The Morgan fingerprint density at radius 1 is 1.09 bits per heavy atom. The third-order valence-electron chi connectivity index (χ3n) is 3.35. The Hall–Kier alpha value is -3.42. The van der Waals surface area contributed by atoms with E-state index in [4.69, 9.17) is 10.5 Å². The van der Waals surface area contributed by atoms with E-state index in [0.29, 0.717) is 23.1 Å². The fourth-order valence-electron chi connectivity index (χ4n) is 2.25. The van der Waals surface area contributed by atoms with Crippen molar-refractivity contribution in [3.05, 3.63) is 49.2 Å². The molecule has 0 aliphatic carbocycles. The molecule has 0 unspecified atom stereocenters. The number of aromatic nitrogens is 6. The van der Waals surface area contributed by atoms with Crippen molar-refractivity contribution in [3.8, 4) is 23.0 Å². The average molecular weight is 307 g/mol. The number of nitrogens with zero attached hydrogens (tertiary/aromatic N) is 6. The number of aryl methyl sites for hydroxylation is 1. The molecule has 4 aromatic heterocycles. The van der Waals surface area contributed by atoms with Crippen LogP contribution in [0.1, 0.15) is 0 Å². The molecular formula is C15H13N7O. The van der Waals surface area contributed by atoms with Gasteiger partial charge in [-0.3, -0.25) is 4.68 Å². The summed E-state index contributed by atoms with van der Waals surface area (Å²) < 4.78 is 9.22. The summed E-state index contributed by atoms with van der Waals surface area (Å²) in [7, 11) is 1.85. The minimum Gasteiger partial charge on any atom is -0.416 e. The molecule has 0 saturated heterocycles. The Labute approximate surface area is 131 Å². The van der Waals surface area contributed by atoms with Crippen molar-refractivity contribution in [1.29, 1.82) is 0 Å². The van der Waals surface area contributed by atoms with Crippen LogP contribution in [0.2, 0.25) is 0 Å². The second kappa shape index (κ2) is 5.09. The number of rotatable bonds is 3. The maximum atomic E-state index is 5.89. The normalized spacial score (nSPS) is 11.0. The Morgan fingerprint density at radius 3 is 2.78 bits per heavy atom. The van der Waals surface area contributed by atoms with E-state index in [1.807, 2.05) is 25.5 Å². The third kappa shape index (κ3) is 2.35. The smallest absolute Gasteiger partial charge is 0.248 e. The molecule has 23 heavy (non-hydrogen) atoms. The lowest BCUT2D eigenvalue weighted by Crippen LogP contribution is -2.00. The van der Waals surface area contributed by atoms with Crippen LogP contribution in [0.15, 0.2) is 49.2 Å². The molecule has 2 N–H and O–H groups in total. The van der Waals surface area contributed by atoms with Crippen LogP contribution in [0.4, 0.5) is 5.69 Å². The summed E-state index contributed by atoms with van der Waals surface area (Å²) >= 11 is 0. The molecule has 8 nitrogen and oxygen atoms in total. The first-order valence-electron chi connectivity index (χ1n) is 6.92. The lowest BCUT2D eigenvalue weighted by molar-refractivity contribution is 0.450. The van der Waals surface area contributed by atoms with Crippen molar-refractivity contribution >= 4 is 11.2 Å². The standard InChI is InChI=1S/C15H13N7O/c1-21-8-10(7-19-21)12-9-22-13(4-6-18-22)15(20-12)23-14-11(16)3-2-5-17-14/h2-9H,16H2,1H3. The molecule has 0 bridgehead atoms. The quantitative estimate of drug-likeness (QED) is 0.621. The van der Waals surface area contributed by atoms with Crippen molar-refractivity contribution in [1.82, 2.24) is 29.4 Å². The van der Waals surface area contributed by atoms with Gasteiger partial charge in [0.15, 0.2) is 0 Å². The number of nitrogens with two attached hydrogens (primary N) is 1. The predicted octanol–water partition coefficient (Wildman–Crippen LogP) is 1.90. The zero-order valence-corrected chi connectivity index (χ0v) is 12.3. The monoisotopic (exact) mass is 307 g/mol. The highest BCUT2D eigenvalue weighted by Crippen LogP contribution is 2.29. The van der Waals surface area contributed by atoms with Gasteiger partial charge >= 0.3 is 0 Å². The van der Waals surface area contributed by atoms with Gasteiger partial charge in [0.05, 0.1) is 30.0 Å². The first-order chi connectivity index (χ1) is 11.2. The van der Waals surface area contributed by atoms with Gasteiger partial charge in [0.2, 0.25) is 11.8 Å². The second-order valence-electron chi connectivity index (χ2n) is 4.99. The van der Waals surface area contributed by atoms with Crippen LogP contribution in [0, 0.1) is 0 Å². The van der Waals surface area contributed by atoms with Gasteiger partial charge in [-0.1, -0.05) is 0 Å². The fourth-order valence-corrected chi connectivity index (χ4v) is 2.25. The first kappa shape index (κ1) is 13.3. The van der Waals surface area contributed by atoms with E-state index in [1.54, 1.807) is 39.9 Å². The van der Waals surface area contributed by atoms with Crippen molar-refractivity contribution in [2.24, 2.45) is 7.05 Å². The topological polar surface area (TPSA) is 96.2 Å². The van der Waals surface area contributed by atoms with E-state index in [-0.39, 0.29) is 0 Å². The van der Waals surface area contributed by atoms with Crippen LogP contribution in [0.3, 0.4) is 0 Å². The highest BCUT2D eigenvalue weighted by Gasteiger charge is 2.13. The molecule has 0 atom stereocenters. The van der Waals surface area contributed by atoms with Crippen LogP contribution in [-0.4, -0.2) is 29.4 Å². The predicted molar refractivity (Wildman–Crippen MR) is 83.9 cm³/mol. The van der Waals surface area contributed by atoms with E-state index in [1.165, 1.54) is 0 Å². The largest absolute Gasteiger partial charge is 0.416 e. The minimum absolute atomic E-state index is 0.312. The van der Waals surface area contributed by atoms with Gasteiger partial charge in [-0.15, -0.1) is 0 Å². The number of ether oxygens (including phenoxy) is 1. The highest BCUT2D eigenvalue weighted by atomic mass is 16.5. The van der Waals surface area contributed by atoms with E-state index in [0.717, 1.165) is 11.1 Å². The molecule has 4 heterocycles. The fraction of sp³-hybridized carbons (Fsp3) is 0.0667. The van der Waals surface area contributed by atoms with Crippen molar-refractivity contribution in [2.75, 3.05) is 5.73 Å². The molecule has 4 rings (SSSR count). The molecule has 8 heteroatoms. The summed E-state index contributed by atoms with van der Waals surface area (Å²) in [5.74, 6) is 0.695. The van der Waals surface area contributed by atoms with Gasteiger partial charge in [-0.05, 0) is 18.2 Å². The molecule has 0 fully saturated rings. The first-order valence-corrected chi connectivity index (χ1v) is 6.92. The SMILES string of the molecule is Cn1cc(-c2cn3nccc3c(Oc3ncccc3N)n2)cn1. The summed E-state index contributed by atoms with van der Waals surface area (Å²) in [5, 5.41) is 8.42. The Bertz CT molecular complexity index is 988. The molecular weight excluding hydrogens is 294 g/mol. The zero-order valence-electron chi connectivity index (χ0n) is 12.3. The summed E-state index contributed by atoms with van der Waals surface area (Å²) in [6, 6.07) is 5.28. The van der Waals surface area contributed by atoms with Gasteiger partial charge < -0.3 is 10.5 Å². The van der Waals surface area contributed by atoms with Gasteiger partial charge in [-0.2, -0.15) is 10.2 Å². The number of hydrogen-bond acceptors (Lipinski definition) is 6. The molecule has 0 amide bonds. The van der Waals surface area contributed by atoms with E-state index in [9.17, 15) is 0 Å². The van der Waals surface area contributed by atoms with E-state index < -0.39 is 0 Å². The van der Waals surface area contributed by atoms with E-state index >= 15 is 0 Å². The Kier molecular flexibility index (Phi) is 2.94. The van der Waals surface area contributed by atoms with Crippen molar-refractivity contribution in [2.45, 2.75) is 0 Å². The number of pyridine rings is 1. The number of fused-ring (bicyclic) bond motifs is 1. The number of nitrogen functional groups attached to an aromatic ring is 1. The highest BCUT2D eigenvalue weighted by molar-refractivity contribution is 5.64. The molecule has 0 spiro atoms. The Balaban J connectivity index is 1.85. The van der Waals surface area contributed by atoms with Crippen LogP contribution in [0.25, 0.3) is 16.8 Å². The van der Waals surface area contributed by atoms with Crippen LogP contribution >= 0.6 is 0 Å². The molecule has 0 radical (unpaired) electrons. The second-order valence-corrected chi connectivity index (χ2v) is 4.99. The molecule has 0 aromatic carbocycles. The van der Waals surface area contributed by atoms with Crippen molar-refractivity contribution in [3.63, 3.8) is 0 Å². The lowest BCUT2D eigenvalue weighted by atomic mass is 10.2. The van der Waals surface area contributed by atoms with Crippen LogP contribution in [-0.2, 0) is 7.05 Å². The zero-order chi connectivity index (χ0) is 15.8. The van der Waals surface area contributed by atoms with Crippen LogP contribution < -0.4 is 10.5 Å². The summed E-state index contributed by atoms with van der Waals surface area (Å²) in [6.07, 6.45) is 8.72. The number of hydrogen-bond donors (Lipinski definition) is 1. The molecule has 0 saturated carbocycles. The van der Waals surface area contributed by atoms with Gasteiger partial charge in [0, 0.05) is 25.0 Å². The Morgan fingerprint density at radius 2 is 2.00 bits per heavy atom. The summed E-state index contributed by atoms with van der Waals surface area (Å²) in [6.45, 7) is 0. The van der Waals surface area contributed by atoms with Gasteiger partial charge in [0.25, 0.3) is 0 Å². The summed E-state index contributed by atoms with van der Waals surface area (Å²) in [4.78, 5) is 8.70. The lowest BCUT2D eigenvalue weighted by Gasteiger charge is -2.09. The van der Waals surface area contributed by atoms with Crippen molar-refractivity contribution < 1.29 is 4.74 Å². The minimum atomic E-state index is 0.312. The van der Waals surface area contributed by atoms with Gasteiger partial charge in [-0.25, -0.2) is 14.5 Å². The molecule has 4 aromatic rings. The maximum absolute atomic E-state index is 5.89. The maximum Gasteiger partial charge on any atom is 0.248 e. The summed E-state index contributed by atoms with van der Waals surface area (Å²) in [5.41, 5.74) is 8.62.